The van der Waals surface area contributed by atoms with Gasteiger partial charge in [0.1, 0.15) is 0 Å². The molecule has 1 saturated carbocycles. The van der Waals surface area contributed by atoms with E-state index in [1.165, 1.54) is 0 Å². The van der Waals surface area contributed by atoms with E-state index in [4.69, 9.17) is 10.5 Å². The van der Waals surface area contributed by atoms with Crippen LogP contribution >= 0.6 is 0 Å². The third-order valence-corrected chi connectivity index (χ3v) is 3.79. The van der Waals surface area contributed by atoms with Gasteiger partial charge in [0.15, 0.2) is 0 Å². The van der Waals surface area contributed by atoms with E-state index < -0.39 is 17.1 Å². The zero-order valence-electron chi connectivity index (χ0n) is 8.64. The van der Waals surface area contributed by atoms with Crippen LogP contribution in [0, 0.1) is 0 Å². The Morgan fingerprint density at radius 1 is 1.07 bits per heavy atom. The van der Waals surface area contributed by atoms with E-state index in [0.717, 1.165) is 0 Å². The van der Waals surface area contributed by atoms with Gasteiger partial charge < -0.3 is 15.6 Å². The summed E-state index contributed by atoms with van der Waals surface area (Å²) in [7, 11) is 0. The van der Waals surface area contributed by atoms with Crippen LogP contribution in [0.3, 0.4) is 0 Å². The van der Waals surface area contributed by atoms with E-state index in [1.54, 1.807) is 0 Å². The summed E-state index contributed by atoms with van der Waals surface area (Å²) in [6.45, 7) is 0.782. The monoisotopic (exact) mass is 221 g/mol. The molecule has 1 heterocycles. The predicted octanol–water partition coefficient (Wildman–Crippen LogP) is 1.04. The van der Waals surface area contributed by atoms with Gasteiger partial charge in [-0.05, 0) is 19.3 Å². The second kappa shape index (κ2) is 3.37. The highest BCUT2D eigenvalue weighted by Gasteiger charge is 2.54. The second-order valence-corrected chi connectivity index (χ2v) is 4.85. The summed E-state index contributed by atoms with van der Waals surface area (Å²) in [5.74, 6) is -2.64. The number of alkyl halides is 2. The third kappa shape index (κ3) is 1.88. The van der Waals surface area contributed by atoms with Crippen molar-refractivity contribution >= 4 is 0 Å². The first-order valence-electron chi connectivity index (χ1n) is 5.34. The molecule has 88 valence electrons. The largest absolute Gasteiger partial charge is 0.388 e. The third-order valence-electron chi connectivity index (χ3n) is 3.79. The Hall–Kier alpha value is -0.260. The zero-order chi connectivity index (χ0) is 11.2. The van der Waals surface area contributed by atoms with Crippen molar-refractivity contribution < 1.29 is 18.6 Å². The second-order valence-electron chi connectivity index (χ2n) is 4.85. The normalized spacial score (nSPS) is 39.2. The van der Waals surface area contributed by atoms with Crippen molar-refractivity contribution in [3.8, 4) is 0 Å². The fraction of sp³-hybridized carbons (Fsp3) is 1.00. The number of halogens is 2. The number of ether oxygens (including phenoxy) is 1. The molecule has 1 saturated heterocycles. The molecule has 0 aromatic carbocycles. The zero-order valence-corrected chi connectivity index (χ0v) is 8.64. The topological polar surface area (TPSA) is 55.5 Å². The highest BCUT2D eigenvalue weighted by molar-refractivity contribution is 5.08. The molecule has 0 bridgehead atoms. The fourth-order valence-corrected chi connectivity index (χ4v) is 2.48. The van der Waals surface area contributed by atoms with Gasteiger partial charge in [-0.2, -0.15) is 0 Å². The number of rotatable bonds is 1. The molecule has 1 unspecified atom stereocenters. The van der Waals surface area contributed by atoms with Gasteiger partial charge in [-0.1, -0.05) is 0 Å². The lowest BCUT2D eigenvalue weighted by atomic mass is 9.70. The molecule has 3 N–H and O–H groups in total. The Kier molecular flexibility index (Phi) is 2.52. The Balaban J connectivity index is 2.08. The number of aliphatic hydroxyl groups is 1. The average Bonchev–Trinajstić information content (AvgIpc) is 2.60. The van der Waals surface area contributed by atoms with E-state index in [2.05, 4.69) is 0 Å². The first-order valence-corrected chi connectivity index (χ1v) is 5.34. The molecule has 5 heteroatoms. The number of hydrogen-bond acceptors (Lipinski definition) is 3. The van der Waals surface area contributed by atoms with Crippen LogP contribution in [0.2, 0.25) is 0 Å². The smallest absolute Gasteiger partial charge is 0.248 e. The van der Waals surface area contributed by atoms with Gasteiger partial charge in [0.05, 0.1) is 17.7 Å². The van der Waals surface area contributed by atoms with E-state index >= 15 is 0 Å². The van der Waals surface area contributed by atoms with Gasteiger partial charge in [0.25, 0.3) is 0 Å². The Bertz CT molecular complexity index is 242. The van der Waals surface area contributed by atoms with Gasteiger partial charge in [-0.25, -0.2) is 8.78 Å². The van der Waals surface area contributed by atoms with Crippen LogP contribution in [-0.4, -0.2) is 35.4 Å². The molecular weight excluding hydrogens is 204 g/mol. The van der Waals surface area contributed by atoms with E-state index in [9.17, 15) is 13.9 Å². The van der Waals surface area contributed by atoms with E-state index in [-0.39, 0.29) is 32.3 Å². The molecule has 0 spiro atoms. The fourth-order valence-electron chi connectivity index (χ4n) is 2.48. The quantitative estimate of drug-likeness (QED) is 0.695. The van der Waals surface area contributed by atoms with E-state index in [1.807, 2.05) is 0 Å². The van der Waals surface area contributed by atoms with Crippen LogP contribution in [0.5, 0.6) is 0 Å². The maximum absolute atomic E-state index is 13.0. The molecule has 1 atom stereocenters. The molecule has 3 nitrogen and oxygen atoms in total. The summed E-state index contributed by atoms with van der Waals surface area (Å²) in [6.07, 6.45) is 0.139. The summed E-state index contributed by atoms with van der Waals surface area (Å²) in [5, 5.41) is 10.3. The molecule has 0 radical (unpaired) electrons. The molecule has 2 fully saturated rings. The van der Waals surface area contributed by atoms with Crippen LogP contribution < -0.4 is 5.73 Å². The van der Waals surface area contributed by atoms with Crippen molar-refractivity contribution in [2.45, 2.75) is 49.2 Å². The average molecular weight is 221 g/mol. The lowest BCUT2D eigenvalue weighted by molar-refractivity contribution is -0.133. The molecule has 0 amide bonds. The van der Waals surface area contributed by atoms with Gasteiger partial charge in [-0.15, -0.1) is 0 Å². The van der Waals surface area contributed by atoms with Gasteiger partial charge in [0, 0.05) is 19.4 Å². The van der Waals surface area contributed by atoms with Crippen LogP contribution in [0.25, 0.3) is 0 Å². The minimum Gasteiger partial charge on any atom is -0.388 e. The maximum atomic E-state index is 13.0. The standard InChI is InChI=1S/C10H17F2NO2/c11-10(12)3-1-9(14,2-4-10)8(13)5-6-15-7-8/h14H,1-7,13H2. The molecular formula is C10H17F2NO2. The molecule has 15 heavy (non-hydrogen) atoms. The highest BCUT2D eigenvalue weighted by atomic mass is 19.3. The lowest BCUT2D eigenvalue weighted by Gasteiger charge is -2.45. The molecule has 1 aliphatic carbocycles. The minimum absolute atomic E-state index is 0.0693. The minimum atomic E-state index is -2.64. The lowest BCUT2D eigenvalue weighted by Crippen LogP contribution is -2.63. The van der Waals surface area contributed by atoms with Crippen LogP contribution in [0.1, 0.15) is 32.1 Å². The van der Waals surface area contributed by atoms with Crippen molar-refractivity contribution in [2.24, 2.45) is 5.73 Å². The molecule has 2 aliphatic rings. The Morgan fingerprint density at radius 3 is 2.13 bits per heavy atom. The van der Waals surface area contributed by atoms with Gasteiger partial charge in [-0.3, -0.25) is 0 Å². The van der Waals surface area contributed by atoms with Gasteiger partial charge >= 0.3 is 0 Å². The number of hydrogen-bond donors (Lipinski definition) is 2. The molecule has 0 aromatic heterocycles. The first-order chi connectivity index (χ1) is 6.87. The summed E-state index contributed by atoms with van der Waals surface area (Å²) in [5.41, 5.74) is 4.03. The van der Waals surface area contributed by atoms with Crippen molar-refractivity contribution in [1.29, 1.82) is 0 Å². The molecule has 2 rings (SSSR count). The SMILES string of the molecule is NC1(C2(O)CCC(F)(F)CC2)CCOC1. The van der Waals surface area contributed by atoms with Crippen LogP contribution in [0.15, 0.2) is 0 Å². The first kappa shape index (κ1) is 11.2. The van der Waals surface area contributed by atoms with Crippen molar-refractivity contribution in [2.75, 3.05) is 13.2 Å². The molecule has 0 aromatic rings. The predicted molar refractivity (Wildman–Crippen MR) is 50.7 cm³/mol. The van der Waals surface area contributed by atoms with Crippen LogP contribution in [-0.2, 0) is 4.74 Å². The summed E-state index contributed by atoms with van der Waals surface area (Å²) < 4.78 is 31.1. The van der Waals surface area contributed by atoms with Gasteiger partial charge in [0.2, 0.25) is 5.92 Å². The molecule has 1 aliphatic heterocycles. The maximum Gasteiger partial charge on any atom is 0.248 e. The van der Waals surface area contributed by atoms with Crippen molar-refractivity contribution in [3.05, 3.63) is 0 Å². The Labute approximate surface area is 87.6 Å². The van der Waals surface area contributed by atoms with Crippen molar-refractivity contribution in [3.63, 3.8) is 0 Å². The summed E-state index contributed by atoms with van der Waals surface area (Å²) >= 11 is 0. The van der Waals surface area contributed by atoms with Crippen LogP contribution in [0.4, 0.5) is 8.78 Å². The Morgan fingerprint density at radius 2 is 1.67 bits per heavy atom. The summed E-state index contributed by atoms with van der Waals surface area (Å²) in [6, 6.07) is 0. The van der Waals surface area contributed by atoms with E-state index in [0.29, 0.717) is 13.0 Å². The number of nitrogens with two attached hydrogens (primary N) is 1. The highest BCUT2D eigenvalue weighted by Crippen LogP contribution is 2.44. The van der Waals surface area contributed by atoms with Crippen molar-refractivity contribution in [1.82, 2.24) is 0 Å². The summed E-state index contributed by atoms with van der Waals surface area (Å²) in [4.78, 5) is 0.